The Labute approximate surface area is 121 Å². The molecule has 2 heterocycles. The maximum Gasteiger partial charge on any atom is 0.258 e. The lowest BCUT2D eigenvalue weighted by atomic mass is 10.00. The van der Waals surface area contributed by atoms with E-state index in [9.17, 15) is 13.6 Å². The van der Waals surface area contributed by atoms with Gasteiger partial charge in [0.2, 0.25) is 0 Å². The Morgan fingerprint density at radius 1 is 1.29 bits per heavy atom. The Bertz CT molecular complexity index is 526. The summed E-state index contributed by atoms with van der Waals surface area (Å²) in [6, 6.07) is 4.15. The molecule has 2 aliphatic heterocycles. The van der Waals surface area contributed by atoms with Crippen molar-refractivity contribution in [1.82, 2.24) is 10.6 Å². The van der Waals surface area contributed by atoms with E-state index in [4.69, 9.17) is 4.74 Å². The minimum atomic E-state index is -0.803. The molecular weight excluding hydrogens is 278 g/mol. The zero-order valence-electron chi connectivity index (χ0n) is 11.6. The molecule has 2 atom stereocenters. The quantitative estimate of drug-likeness (QED) is 0.890. The highest BCUT2D eigenvalue weighted by Gasteiger charge is 2.33. The summed E-state index contributed by atoms with van der Waals surface area (Å²) in [6.45, 7) is -0.262. The Morgan fingerprint density at radius 3 is 2.67 bits per heavy atom. The molecule has 21 heavy (non-hydrogen) atoms. The number of nitrogens with one attached hydrogen (secondary N) is 2. The van der Waals surface area contributed by atoms with Crippen LogP contribution < -0.4 is 15.4 Å². The molecule has 4 nitrogen and oxygen atoms in total. The van der Waals surface area contributed by atoms with Crippen LogP contribution in [0.25, 0.3) is 0 Å². The van der Waals surface area contributed by atoms with Crippen LogP contribution in [0.15, 0.2) is 18.2 Å². The van der Waals surface area contributed by atoms with Crippen molar-refractivity contribution >= 4 is 5.91 Å². The van der Waals surface area contributed by atoms with Crippen molar-refractivity contribution in [3.05, 3.63) is 29.8 Å². The van der Waals surface area contributed by atoms with Crippen molar-refractivity contribution in [1.29, 1.82) is 0 Å². The van der Waals surface area contributed by atoms with E-state index in [0.717, 1.165) is 37.8 Å². The van der Waals surface area contributed by atoms with Gasteiger partial charge in [-0.15, -0.1) is 0 Å². The largest absolute Gasteiger partial charge is 0.481 e. The average molecular weight is 296 g/mol. The van der Waals surface area contributed by atoms with Crippen LogP contribution in [-0.2, 0) is 4.79 Å². The van der Waals surface area contributed by atoms with Gasteiger partial charge in [-0.2, -0.15) is 0 Å². The van der Waals surface area contributed by atoms with E-state index in [-0.39, 0.29) is 24.3 Å². The van der Waals surface area contributed by atoms with Gasteiger partial charge < -0.3 is 15.4 Å². The summed E-state index contributed by atoms with van der Waals surface area (Å²) in [7, 11) is 0. The Kier molecular flexibility index (Phi) is 4.05. The van der Waals surface area contributed by atoms with Crippen LogP contribution >= 0.6 is 0 Å². The minimum absolute atomic E-state index is 0.114. The molecule has 3 rings (SSSR count). The van der Waals surface area contributed by atoms with E-state index in [1.165, 1.54) is 6.07 Å². The Balaban J connectivity index is 1.48. The van der Waals surface area contributed by atoms with Gasteiger partial charge in [0.25, 0.3) is 5.91 Å². The zero-order chi connectivity index (χ0) is 14.8. The van der Waals surface area contributed by atoms with E-state index < -0.39 is 11.6 Å². The fourth-order valence-corrected chi connectivity index (χ4v) is 3.18. The Hall–Kier alpha value is -1.69. The van der Waals surface area contributed by atoms with E-state index in [2.05, 4.69) is 10.6 Å². The number of hydrogen-bond acceptors (Lipinski definition) is 3. The number of hydrogen-bond donors (Lipinski definition) is 2. The number of ether oxygens (including phenoxy) is 1. The van der Waals surface area contributed by atoms with Crippen molar-refractivity contribution < 1.29 is 18.3 Å². The fourth-order valence-electron chi connectivity index (χ4n) is 3.18. The number of benzene rings is 1. The third kappa shape index (κ3) is 3.50. The molecule has 2 fully saturated rings. The number of amides is 1. The molecule has 1 aromatic rings. The van der Waals surface area contributed by atoms with Crippen molar-refractivity contribution in [2.45, 2.75) is 43.8 Å². The molecule has 1 amide bonds. The first-order valence-electron chi connectivity index (χ1n) is 7.23. The van der Waals surface area contributed by atoms with Crippen LogP contribution in [0.2, 0.25) is 0 Å². The standard InChI is InChI=1S/C15H18F2N2O2/c16-9-1-4-14(13(17)5-9)21-8-15(20)19-12-6-10-2-3-11(7-12)18-10/h1,4-5,10-12,18H,2-3,6-8H2,(H,19,20). The second-order valence-corrected chi connectivity index (χ2v) is 5.74. The lowest BCUT2D eigenvalue weighted by molar-refractivity contribution is -0.124. The van der Waals surface area contributed by atoms with E-state index in [0.29, 0.717) is 12.1 Å². The average Bonchev–Trinajstić information content (AvgIpc) is 2.77. The summed E-state index contributed by atoms with van der Waals surface area (Å²) in [5.41, 5.74) is 0. The predicted molar refractivity (Wildman–Crippen MR) is 73.0 cm³/mol. The summed E-state index contributed by atoms with van der Waals surface area (Å²) in [4.78, 5) is 11.8. The van der Waals surface area contributed by atoms with Gasteiger partial charge in [-0.25, -0.2) is 8.78 Å². The van der Waals surface area contributed by atoms with Crippen LogP contribution in [0.4, 0.5) is 8.78 Å². The van der Waals surface area contributed by atoms with Crippen molar-refractivity contribution in [3.63, 3.8) is 0 Å². The summed E-state index contributed by atoms with van der Waals surface area (Å²) >= 11 is 0. The van der Waals surface area contributed by atoms with Gasteiger partial charge in [-0.3, -0.25) is 4.79 Å². The second kappa shape index (κ2) is 5.97. The normalized spacial score (nSPS) is 27.4. The fraction of sp³-hybridized carbons (Fsp3) is 0.533. The number of piperidine rings is 1. The molecule has 2 bridgehead atoms. The van der Waals surface area contributed by atoms with Gasteiger partial charge >= 0.3 is 0 Å². The molecule has 0 radical (unpaired) electrons. The maximum atomic E-state index is 13.4. The first-order valence-corrected chi connectivity index (χ1v) is 7.23. The molecule has 2 N–H and O–H groups in total. The number of carbonyl (C=O) groups is 1. The van der Waals surface area contributed by atoms with Gasteiger partial charge in [-0.05, 0) is 37.8 Å². The molecule has 0 aliphatic carbocycles. The zero-order valence-corrected chi connectivity index (χ0v) is 11.6. The topological polar surface area (TPSA) is 50.4 Å². The first-order chi connectivity index (χ1) is 10.1. The van der Waals surface area contributed by atoms with E-state index in [1.54, 1.807) is 0 Å². The molecule has 1 aromatic carbocycles. The smallest absolute Gasteiger partial charge is 0.258 e. The molecular formula is C15H18F2N2O2. The molecule has 0 spiro atoms. The molecule has 6 heteroatoms. The molecule has 114 valence electrons. The van der Waals surface area contributed by atoms with Gasteiger partial charge in [0.1, 0.15) is 5.82 Å². The van der Waals surface area contributed by atoms with E-state index >= 15 is 0 Å². The summed E-state index contributed by atoms with van der Waals surface area (Å²) in [5, 5.41) is 6.42. The van der Waals surface area contributed by atoms with Crippen LogP contribution in [0.3, 0.4) is 0 Å². The summed E-state index contributed by atoms with van der Waals surface area (Å²) in [5.74, 6) is -1.86. The van der Waals surface area contributed by atoms with Gasteiger partial charge in [-0.1, -0.05) is 0 Å². The van der Waals surface area contributed by atoms with E-state index in [1.807, 2.05) is 0 Å². The van der Waals surface area contributed by atoms with Crippen molar-refractivity contribution in [2.75, 3.05) is 6.61 Å². The minimum Gasteiger partial charge on any atom is -0.481 e. The highest BCUT2D eigenvalue weighted by Crippen LogP contribution is 2.26. The summed E-state index contributed by atoms with van der Waals surface area (Å²) < 4.78 is 31.2. The number of fused-ring (bicyclic) bond motifs is 2. The number of halogens is 2. The van der Waals surface area contributed by atoms with Crippen molar-refractivity contribution in [2.24, 2.45) is 0 Å². The van der Waals surface area contributed by atoms with Gasteiger partial charge in [0, 0.05) is 24.2 Å². The maximum absolute atomic E-state index is 13.4. The van der Waals surface area contributed by atoms with Crippen LogP contribution in [0, 0.1) is 11.6 Å². The molecule has 0 aromatic heterocycles. The first kappa shape index (κ1) is 14.3. The second-order valence-electron chi connectivity index (χ2n) is 5.74. The Morgan fingerprint density at radius 2 is 2.00 bits per heavy atom. The molecule has 0 saturated carbocycles. The predicted octanol–water partition coefficient (Wildman–Crippen LogP) is 1.74. The number of rotatable bonds is 4. The van der Waals surface area contributed by atoms with Gasteiger partial charge in [0.05, 0.1) is 0 Å². The monoisotopic (exact) mass is 296 g/mol. The molecule has 2 saturated heterocycles. The van der Waals surface area contributed by atoms with Crippen LogP contribution in [0.1, 0.15) is 25.7 Å². The molecule has 2 aliphatic rings. The SMILES string of the molecule is O=C(COc1ccc(F)cc1F)NC1CC2CCC(C1)N2. The molecule has 2 unspecified atom stereocenters. The lowest BCUT2D eigenvalue weighted by Crippen LogP contribution is -2.49. The highest BCUT2D eigenvalue weighted by atomic mass is 19.1. The van der Waals surface area contributed by atoms with Crippen molar-refractivity contribution in [3.8, 4) is 5.75 Å². The third-order valence-electron chi connectivity index (χ3n) is 4.09. The van der Waals surface area contributed by atoms with Crippen LogP contribution in [0.5, 0.6) is 5.75 Å². The van der Waals surface area contributed by atoms with Crippen LogP contribution in [-0.4, -0.2) is 30.6 Å². The third-order valence-corrected chi connectivity index (χ3v) is 4.09. The summed E-state index contributed by atoms with van der Waals surface area (Å²) in [6.07, 6.45) is 4.17. The van der Waals surface area contributed by atoms with Gasteiger partial charge in [0.15, 0.2) is 18.2 Å². The number of carbonyl (C=O) groups excluding carboxylic acids is 1. The highest BCUT2D eigenvalue weighted by molar-refractivity contribution is 5.77. The lowest BCUT2D eigenvalue weighted by Gasteiger charge is -2.29.